The number of rotatable bonds is 12. The van der Waals surface area contributed by atoms with Gasteiger partial charge >= 0.3 is 16.1 Å². The van der Waals surface area contributed by atoms with E-state index in [2.05, 4.69) is 0 Å². The third-order valence-corrected chi connectivity index (χ3v) is 6.08. The predicted octanol–water partition coefficient (Wildman–Crippen LogP) is 3.98. The molecule has 0 bridgehead atoms. The zero-order chi connectivity index (χ0) is 21.3. The summed E-state index contributed by atoms with van der Waals surface area (Å²) in [6.45, 7) is 9.18. The van der Waals surface area contributed by atoms with Gasteiger partial charge in [-0.25, -0.2) is 0 Å². The topological polar surface area (TPSA) is 96.0 Å². The van der Waals surface area contributed by atoms with Gasteiger partial charge in [-0.05, 0) is 50.8 Å². The molecule has 0 aromatic heterocycles. The fraction of sp³-hybridized carbons (Fsp3) is 0.632. The zero-order valence-electron chi connectivity index (χ0n) is 17.0. The Bertz CT molecular complexity index is 762. The third-order valence-electron chi connectivity index (χ3n) is 3.98. The molecule has 0 amide bonds. The van der Waals surface area contributed by atoms with E-state index in [1.165, 1.54) is 6.07 Å². The molecule has 1 aromatic carbocycles. The number of carbonyl (C=O) groups is 1. The van der Waals surface area contributed by atoms with E-state index in [0.717, 1.165) is 5.56 Å². The summed E-state index contributed by atoms with van der Waals surface area (Å²) in [7, 11) is -4.53. The van der Waals surface area contributed by atoms with E-state index in [1.54, 1.807) is 26.0 Å². The van der Waals surface area contributed by atoms with Crippen molar-refractivity contribution in [2.75, 3.05) is 19.8 Å². The molecule has 0 N–H and O–H groups in total. The Kier molecular flexibility index (Phi) is 10.1. The fourth-order valence-electron chi connectivity index (χ4n) is 2.70. The van der Waals surface area contributed by atoms with Crippen molar-refractivity contribution >= 4 is 24.5 Å². The standard InChI is InChI=1S/C19H29O7PS/c1-6-24-16-11-14(5)8-9-18(16)28(22,23)26-12-17(27-21)15(10-13(3)4)19(20)25-7-2/h8-9,11,13,15,17H,6-7,10,12H2,1-5H3. The lowest BCUT2D eigenvalue weighted by molar-refractivity contribution is -0.148. The van der Waals surface area contributed by atoms with Gasteiger partial charge in [0.2, 0.25) is 0 Å². The van der Waals surface area contributed by atoms with Gasteiger partial charge in [0.1, 0.15) is 10.6 Å². The first kappa shape index (κ1) is 24.5. The van der Waals surface area contributed by atoms with E-state index >= 15 is 0 Å². The summed E-state index contributed by atoms with van der Waals surface area (Å²) in [5.74, 6) is -0.894. The van der Waals surface area contributed by atoms with Crippen LogP contribution in [0.1, 0.15) is 39.7 Å². The molecule has 1 rings (SSSR count). The quantitative estimate of drug-likeness (QED) is 0.280. The maximum atomic E-state index is 12.7. The Labute approximate surface area is 169 Å². The first-order valence-electron chi connectivity index (χ1n) is 9.28. The van der Waals surface area contributed by atoms with E-state index in [1.807, 2.05) is 20.8 Å². The van der Waals surface area contributed by atoms with E-state index in [-0.39, 0.29) is 31.6 Å². The average Bonchev–Trinajstić information content (AvgIpc) is 2.61. The summed E-state index contributed by atoms with van der Waals surface area (Å²) in [4.78, 5) is 12.2. The van der Waals surface area contributed by atoms with Crippen LogP contribution in [0, 0.1) is 18.8 Å². The van der Waals surface area contributed by atoms with Crippen molar-refractivity contribution in [1.29, 1.82) is 0 Å². The highest BCUT2D eigenvalue weighted by Gasteiger charge is 2.33. The van der Waals surface area contributed by atoms with Gasteiger partial charge in [-0.1, -0.05) is 19.9 Å². The molecule has 0 fully saturated rings. The van der Waals surface area contributed by atoms with Crippen molar-refractivity contribution in [1.82, 2.24) is 0 Å². The van der Waals surface area contributed by atoms with Crippen molar-refractivity contribution in [2.24, 2.45) is 11.8 Å². The second-order valence-electron chi connectivity index (χ2n) is 6.78. The van der Waals surface area contributed by atoms with Crippen LogP contribution in [0.4, 0.5) is 0 Å². The minimum Gasteiger partial charge on any atom is -0.492 e. The maximum Gasteiger partial charge on any atom is 0.310 e. The summed E-state index contributed by atoms with van der Waals surface area (Å²) in [6, 6.07) is 4.67. The van der Waals surface area contributed by atoms with Crippen molar-refractivity contribution in [3.63, 3.8) is 0 Å². The number of carbonyl (C=O) groups excluding carboxylic acids is 1. The van der Waals surface area contributed by atoms with Crippen LogP contribution in [-0.4, -0.2) is 39.9 Å². The molecule has 28 heavy (non-hydrogen) atoms. The molecule has 0 saturated carbocycles. The number of aryl methyl sites for hydroxylation is 1. The molecule has 158 valence electrons. The number of ether oxygens (including phenoxy) is 2. The number of esters is 1. The molecule has 0 heterocycles. The molecule has 0 aliphatic heterocycles. The van der Waals surface area contributed by atoms with Crippen molar-refractivity contribution in [3.8, 4) is 5.75 Å². The number of benzene rings is 1. The average molecular weight is 432 g/mol. The number of hydrogen-bond donors (Lipinski definition) is 0. The van der Waals surface area contributed by atoms with Crippen LogP contribution in [0.25, 0.3) is 0 Å². The Morgan fingerprint density at radius 1 is 1.18 bits per heavy atom. The molecule has 2 unspecified atom stereocenters. The SMILES string of the molecule is CCOC(=O)C(CC(C)C)C(COS(=O)(=O)c1ccc(C)cc1OCC)P=O. The van der Waals surface area contributed by atoms with Gasteiger partial charge in [-0.15, -0.1) is 0 Å². The predicted molar refractivity (Wildman–Crippen MR) is 106 cm³/mol. The van der Waals surface area contributed by atoms with Crippen LogP contribution >= 0.6 is 8.46 Å². The van der Waals surface area contributed by atoms with Crippen molar-refractivity contribution < 1.29 is 31.4 Å². The van der Waals surface area contributed by atoms with E-state index in [0.29, 0.717) is 13.0 Å². The number of hydrogen-bond acceptors (Lipinski definition) is 7. The maximum absolute atomic E-state index is 12.7. The monoisotopic (exact) mass is 432 g/mol. The molecule has 0 saturated heterocycles. The Morgan fingerprint density at radius 3 is 2.39 bits per heavy atom. The van der Waals surface area contributed by atoms with Crippen LogP contribution < -0.4 is 4.74 Å². The van der Waals surface area contributed by atoms with Crippen molar-refractivity contribution in [2.45, 2.75) is 51.6 Å². The van der Waals surface area contributed by atoms with E-state index in [9.17, 15) is 17.8 Å². The summed E-state index contributed by atoms with van der Waals surface area (Å²) in [5.41, 5.74) is 0.00915. The van der Waals surface area contributed by atoms with Gasteiger partial charge in [-0.3, -0.25) is 13.5 Å². The van der Waals surface area contributed by atoms with Crippen LogP contribution in [0.3, 0.4) is 0 Å². The molecular formula is C19H29O7PS. The molecule has 7 nitrogen and oxygen atoms in total. The molecule has 9 heteroatoms. The van der Waals surface area contributed by atoms with Gasteiger partial charge in [0.15, 0.2) is 8.46 Å². The summed E-state index contributed by atoms with van der Waals surface area (Å²) in [6.07, 6.45) is 0.414. The Balaban J connectivity index is 3.04. The van der Waals surface area contributed by atoms with Crippen LogP contribution in [0.5, 0.6) is 5.75 Å². The summed E-state index contributed by atoms with van der Waals surface area (Å²) >= 11 is 0. The van der Waals surface area contributed by atoms with Gasteiger partial charge in [-0.2, -0.15) is 8.42 Å². The van der Waals surface area contributed by atoms with Crippen molar-refractivity contribution in [3.05, 3.63) is 23.8 Å². The van der Waals surface area contributed by atoms with Gasteiger partial charge in [0.25, 0.3) is 0 Å². The second kappa shape index (κ2) is 11.5. The molecule has 0 spiro atoms. The fourth-order valence-corrected chi connectivity index (χ4v) is 4.38. The third kappa shape index (κ3) is 7.15. The molecule has 0 radical (unpaired) electrons. The van der Waals surface area contributed by atoms with Gasteiger partial charge in [0.05, 0.1) is 31.4 Å². The van der Waals surface area contributed by atoms with E-state index < -0.39 is 34.3 Å². The first-order valence-corrected chi connectivity index (χ1v) is 11.6. The molecule has 0 aliphatic carbocycles. The normalized spacial score (nSPS) is 14.1. The van der Waals surface area contributed by atoms with Gasteiger partial charge < -0.3 is 9.47 Å². The highest BCUT2D eigenvalue weighted by atomic mass is 32.2. The summed E-state index contributed by atoms with van der Waals surface area (Å²) < 4.78 is 52.7. The highest BCUT2D eigenvalue weighted by Crippen LogP contribution is 2.30. The minimum atomic E-state index is -4.16. The summed E-state index contributed by atoms with van der Waals surface area (Å²) in [5, 5.41) is 0. The van der Waals surface area contributed by atoms with Crippen LogP contribution in [0.2, 0.25) is 0 Å². The minimum absolute atomic E-state index is 0.0993. The molecule has 1 aromatic rings. The lowest BCUT2D eigenvalue weighted by atomic mass is 9.94. The lowest BCUT2D eigenvalue weighted by Crippen LogP contribution is -2.32. The van der Waals surface area contributed by atoms with Gasteiger partial charge in [0, 0.05) is 0 Å². The lowest BCUT2D eigenvalue weighted by Gasteiger charge is -2.22. The highest BCUT2D eigenvalue weighted by molar-refractivity contribution is 7.86. The Hall–Kier alpha value is -1.50. The zero-order valence-corrected chi connectivity index (χ0v) is 18.7. The van der Waals surface area contributed by atoms with E-state index in [4.69, 9.17) is 13.7 Å². The first-order chi connectivity index (χ1) is 13.2. The molecule has 0 aliphatic rings. The second-order valence-corrected chi connectivity index (χ2v) is 9.24. The smallest absolute Gasteiger partial charge is 0.310 e. The Morgan fingerprint density at radius 2 is 1.86 bits per heavy atom. The van der Waals surface area contributed by atoms with Crippen LogP contribution in [-0.2, 0) is 28.4 Å². The van der Waals surface area contributed by atoms with Crippen LogP contribution in [0.15, 0.2) is 23.1 Å². The molecule has 2 atom stereocenters. The molecular weight excluding hydrogens is 403 g/mol. The largest absolute Gasteiger partial charge is 0.492 e.